The van der Waals surface area contributed by atoms with Crippen molar-refractivity contribution in [2.24, 2.45) is 0 Å². The Labute approximate surface area is 106 Å². The van der Waals surface area contributed by atoms with Gasteiger partial charge in [0, 0.05) is 18.7 Å². The zero-order chi connectivity index (χ0) is 12.3. The van der Waals surface area contributed by atoms with Crippen LogP contribution in [0.1, 0.15) is 25.7 Å². The summed E-state index contributed by atoms with van der Waals surface area (Å²) in [6.07, 6.45) is 4.70. The molecule has 1 aromatic rings. The van der Waals surface area contributed by atoms with E-state index in [1.165, 1.54) is 12.8 Å². The van der Waals surface area contributed by atoms with Crippen molar-refractivity contribution < 1.29 is 5.11 Å². The van der Waals surface area contributed by atoms with Crippen molar-refractivity contribution in [1.82, 2.24) is 9.97 Å². The number of anilines is 2. The summed E-state index contributed by atoms with van der Waals surface area (Å²) in [7, 11) is 0. The number of hydrogen-bond acceptors (Lipinski definition) is 5. The molecule has 3 N–H and O–H groups in total. The Kier molecular flexibility index (Phi) is 4.02. The number of halogens is 1. The van der Waals surface area contributed by atoms with E-state index in [0.29, 0.717) is 23.6 Å². The fourth-order valence-electron chi connectivity index (χ4n) is 2.38. The molecule has 1 saturated carbocycles. The van der Waals surface area contributed by atoms with Crippen molar-refractivity contribution in [2.45, 2.75) is 31.7 Å². The van der Waals surface area contributed by atoms with Crippen LogP contribution in [0.15, 0.2) is 6.07 Å². The van der Waals surface area contributed by atoms with Crippen LogP contribution in [0.4, 0.5) is 11.8 Å². The molecular formula is C11H17ClN4O. The van der Waals surface area contributed by atoms with Gasteiger partial charge in [-0.25, -0.2) is 4.98 Å². The van der Waals surface area contributed by atoms with Gasteiger partial charge in [0.25, 0.3) is 0 Å². The Morgan fingerprint density at radius 2 is 2.12 bits per heavy atom. The highest BCUT2D eigenvalue weighted by Gasteiger charge is 2.23. The molecule has 0 atom stereocenters. The molecule has 1 fully saturated rings. The van der Waals surface area contributed by atoms with Crippen molar-refractivity contribution in [2.75, 3.05) is 23.8 Å². The minimum atomic E-state index is 0.0953. The Balaban J connectivity index is 2.24. The van der Waals surface area contributed by atoms with Gasteiger partial charge < -0.3 is 15.7 Å². The van der Waals surface area contributed by atoms with Crippen molar-refractivity contribution in [3.05, 3.63) is 11.2 Å². The van der Waals surface area contributed by atoms with Crippen LogP contribution in [0.25, 0.3) is 0 Å². The molecule has 1 aromatic heterocycles. The Bertz CT molecular complexity index is 361. The molecule has 0 aliphatic heterocycles. The lowest BCUT2D eigenvalue weighted by Crippen LogP contribution is -2.36. The van der Waals surface area contributed by atoms with Gasteiger partial charge in [-0.1, -0.05) is 24.4 Å². The summed E-state index contributed by atoms with van der Waals surface area (Å²) >= 11 is 5.88. The SMILES string of the molecule is Nc1nc(Cl)cc(N(CCO)C2CCCC2)n1. The summed E-state index contributed by atoms with van der Waals surface area (Å²) in [6, 6.07) is 2.12. The smallest absolute Gasteiger partial charge is 0.223 e. The second kappa shape index (κ2) is 5.51. The van der Waals surface area contributed by atoms with Gasteiger partial charge in [-0.2, -0.15) is 4.98 Å². The molecule has 0 bridgehead atoms. The third-order valence-electron chi connectivity index (χ3n) is 3.10. The Morgan fingerprint density at radius 1 is 1.41 bits per heavy atom. The summed E-state index contributed by atoms with van der Waals surface area (Å²) in [5, 5.41) is 9.49. The van der Waals surface area contributed by atoms with E-state index in [4.69, 9.17) is 22.4 Å². The average Bonchev–Trinajstić information content (AvgIpc) is 2.77. The standard InChI is InChI=1S/C11H17ClN4O/c12-9-7-10(15-11(13)14-9)16(5-6-17)8-3-1-2-4-8/h7-8,17H,1-6H2,(H2,13,14,15). The van der Waals surface area contributed by atoms with Crippen molar-refractivity contribution in [1.29, 1.82) is 0 Å². The van der Waals surface area contributed by atoms with Crippen LogP contribution in [0, 0.1) is 0 Å². The van der Waals surface area contributed by atoms with Crippen LogP contribution in [-0.4, -0.2) is 34.3 Å². The maximum absolute atomic E-state index is 9.15. The van der Waals surface area contributed by atoms with Crippen molar-refractivity contribution in [3.8, 4) is 0 Å². The zero-order valence-electron chi connectivity index (χ0n) is 9.64. The van der Waals surface area contributed by atoms with E-state index in [9.17, 15) is 0 Å². The van der Waals surface area contributed by atoms with Gasteiger partial charge in [0.05, 0.1) is 6.61 Å². The quantitative estimate of drug-likeness (QED) is 0.798. The maximum Gasteiger partial charge on any atom is 0.223 e. The fourth-order valence-corrected chi connectivity index (χ4v) is 2.56. The number of aliphatic hydroxyl groups excluding tert-OH is 1. The number of hydrogen-bond donors (Lipinski definition) is 2. The summed E-state index contributed by atoms with van der Waals surface area (Å²) in [5.41, 5.74) is 5.60. The highest BCUT2D eigenvalue weighted by atomic mass is 35.5. The van der Waals surface area contributed by atoms with E-state index in [2.05, 4.69) is 14.9 Å². The van der Waals surface area contributed by atoms with Gasteiger partial charge in [-0.3, -0.25) is 0 Å². The molecular weight excluding hydrogens is 240 g/mol. The number of aromatic nitrogens is 2. The van der Waals surface area contributed by atoms with E-state index in [1.807, 2.05) is 0 Å². The van der Waals surface area contributed by atoms with Gasteiger partial charge in [0.2, 0.25) is 5.95 Å². The van der Waals surface area contributed by atoms with E-state index >= 15 is 0 Å². The Hall–Kier alpha value is -1.07. The lowest BCUT2D eigenvalue weighted by atomic mass is 10.2. The van der Waals surface area contributed by atoms with E-state index in [-0.39, 0.29) is 12.6 Å². The number of nitrogens with two attached hydrogens (primary N) is 1. The topological polar surface area (TPSA) is 75.3 Å². The molecule has 1 heterocycles. The van der Waals surface area contributed by atoms with E-state index in [1.54, 1.807) is 6.07 Å². The summed E-state index contributed by atoms with van der Waals surface area (Å²) in [4.78, 5) is 10.1. The second-order valence-electron chi connectivity index (χ2n) is 4.26. The minimum absolute atomic E-state index is 0.0953. The Morgan fingerprint density at radius 3 is 2.71 bits per heavy atom. The maximum atomic E-state index is 9.15. The molecule has 0 radical (unpaired) electrons. The minimum Gasteiger partial charge on any atom is -0.395 e. The predicted octanol–water partition coefficient (Wildman–Crippen LogP) is 1.45. The normalized spacial score (nSPS) is 16.4. The fraction of sp³-hybridized carbons (Fsp3) is 0.636. The lowest BCUT2D eigenvalue weighted by molar-refractivity contribution is 0.297. The van der Waals surface area contributed by atoms with Crippen LogP contribution in [0.2, 0.25) is 5.15 Å². The molecule has 2 rings (SSSR count). The van der Waals surface area contributed by atoms with Crippen LogP contribution in [-0.2, 0) is 0 Å². The number of rotatable bonds is 4. The highest BCUT2D eigenvalue weighted by Crippen LogP contribution is 2.28. The summed E-state index contributed by atoms with van der Waals surface area (Å²) in [6.45, 7) is 0.648. The summed E-state index contributed by atoms with van der Waals surface area (Å²) < 4.78 is 0. The number of nitrogen functional groups attached to an aromatic ring is 1. The molecule has 0 aromatic carbocycles. The molecule has 0 unspecified atom stereocenters. The number of aliphatic hydroxyl groups is 1. The molecule has 0 spiro atoms. The van der Waals surface area contributed by atoms with Gasteiger partial charge >= 0.3 is 0 Å². The van der Waals surface area contributed by atoms with Crippen molar-refractivity contribution in [3.63, 3.8) is 0 Å². The molecule has 1 aliphatic carbocycles. The molecule has 1 aliphatic rings. The van der Waals surface area contributed by atoms with E-state index in [0.717, 1.165) is 12.8 Å². The molecule has 17 heavy (non-hydrogen) atoms. The first-order chi connectivity index (χ1) is 8.20. The van der Waals surface area contributed by atoms with Crippen LogP contribution >= 0.6 is 11.6 Å². The molecule has 0 saturated heterocycles. The second-order valence-corrected chi connectivity index (χ2v) is 4.65. The lowest BCUT2D eigenvalue weighted by Gasteiger charge is -2.29. The van der Waals surface area contributed by atoms with Gasteiger partial charge in [-0.15, -0.1) is 0 Å². The van der Waals surface area contributed by atoms with Crippen molar-refractivity contribution >= 4 is 23.4 Å². The van der Waals surface area contributed by atoms with Gasteiger partial charge in [0.15, 0.2) is 0 Å². The third-order valence-corrected chi connectivity index (χ3v) is 3.29. The first kappa shape index (κ1) is 12.4. The highest BCUT2D eigenvalue weighted by molar-refractivity contribution is 6.29. The van der Waals surface area contributed by atoms with Gasteiger partial charge in [0.1, 0.15) is 11.0 Å². The van der Waals surface area contributed by atoms with Gasteiger partial charge in [-0.05, 0) is 12.8 Å². The monoisotopic (exact) mass is 256 g/mol. The first-order valence-electron chi connectivity index (χ1n) is 5.88. The molecule has 6 heteroatoms. The molecule has 0 amide bonds. The van der Waals surface area contributed by atoms with Crippen LogP contribution in [0.3, 0.4) is 0 Å². The molecule has 5 nitrogen and oxygen atoms in total. The average molecular weight is 257 g/mol. The first-order valence-corrected chi connectivity index (χ1v) is 6.26. The largest absolute Gasteiger partial charge is 0.395 e. The van der Waals surface area contributed by atoms with Crippen LogP contribution in [0.5, 0.6) is 0 Å². The zero-order valence-corrected chi connectivity index (χ0v) is 10.4. The van der Waals surface area contributed by atoms with Crippen LogP contribution < -0.4 is 10.6 Å². The third kappa shape index (κ3) is 2.98. The predicted molar refractivity (Wildman–Crippen MR) is 68.1 cm³/mol. The summed E-state index contributed by atoms with van der Waals surface area (Å²) in [5.74, 6) is 0.886. The number of nitrogens with zero attached hydrogens (tertiary/aromatic N) is 3. The molecule has 94 valence electrons. The van der Waals surface area contributed by atoms with E-state index < -0.39 is 0 Å².